The minimum atomic E-state index is -0.472. The van der Waals surface area contributed by atoms with E-state index in [0.29, 0.717) is 0 Å². The lowest BCUT2D eigenvalue weighted by Crippen LogP contribution is -2.17. The molecule has 5 rings (SSSR count). The summed E-state index contributed by atoms with van der Waals surface area (Å²) in [6, 6.07) is 39.0. The van der Waals surface area contributed by atoms with Crippen molar-refractivity contribution in [3.63, 3.8) is 0 Å². The SMILES string of the molecule is O=C(NN=Cc1ccc(N(c2ccccc2)c2ccccc2)cc1)c1cc2ccccc2cc1O. The van der Waals surface area contributed by atoms with Crippen LogP contribution in [-0.4, -0.2) is 17.2 Å². The second-order valence-electron chi connectivity index (χ2n) is 8.01. The highest BCUT2D eigenvalue weighted by Crippen LogP contribution is 2.34. The Morgan fingerprint density at radius 3 is 1.80 bits per heavy atom. The summed E-state index contributed by atoms with van der Waals surface area (Å²) in [5.41, 5.74) is 6.63. The number of amides is 1. The van der Waals surface area contributed by atoms with Crippen LogP contribution in [0.25, 0.3) is 10.8 Å². The van der Waals surface area contributed by atoms with Crippen molar-refractivity contribution in [2.75, 3.05) is 4.90 Å². The maximum Gasteiger partial charge on any atom is 0.275 e. The molecule has 5 aromatic rings. The summed E-state index contributed by atoms with van der Waals surface area (Å²) in [5.74, 6) is -0.553. The van der Waals surface area contributed by atoms with Gasteiger partial charge >= 0.3 is 0 Å². The van der Waals surface area contributed by atoms with Gasteiger partial charge in [-0.15, -0.1) is 0 Å². The van der Waals surface area contributed by atoms with E-state index in [1.165, 1.54) is 0 Å². The number of carbonyl (C=O) groups excluding carboxylic acids is 1. The highest BCUT2D eigenvalue weighted by molar-refractivity contribution is 6.01. The molecule has 0 aliphatic carbocycles. The van der Waals surface area contributed by atoms with Crippen LogP contribution in [0, 0.1) is 0 Å². The molecule has 0 radical (unpaired) electrons. The quantitative estimate of drug-likeness (QED) is 0.218. The smallest absolute Gasteiger partial charge is 0.275 e. The van der Waals surface area contributed by atoms with E-state index in [1.807, 2.05) is 84.9 Å². The Morgan fingerprint density at radius 2 is 1.20 bits per heavy atom. The highest BCUT2D eigenvalue weighted by Gasteiger charge is 2.13. The van der Waals surface area contributed by atoms with Gasteiger partial charge in [0.1, 0.15) is 5.75 Å². The lowest BCUT2D eigenvalue weighted by molar-refractivity contribution is 0.0952. The van der Waals surface area contributed by atoms with Crippen molar-refractivity contribution < 1.29 is 9.90 Å². The third-order valence-corrected chi connectivity index (χ3v) is 5.67. The molecule has 0 fully saturated rings. The summed E-state index contributed by atoms with van der Waals surface area (Å²) in [4.78, 5) is 14.7. The number of fused-ring (bicyclic) bond motifs is 1. The van der Waals surface area contributed by atoms with Crippen LogP contribution in [-0.2, 0) is 0 Å². The van der Waals surface area contributed by atoms with Gasteiger partial charge in [-0.1, -0.05) is 72.8 Å². The first kappa shape index (κ1) is 21.9. The molecule has 0 heterocycles. The van der Waals surface area contributed by atoms with Crippen molar-refractivity contribution in [2.24, 2.45) is 5.10 Å². The molecule has 170 valence electrons. The molecular formula is C30H23N3O2. The van der Waals surface area contributed by atoms with Crippen molar-refractivity contribution in [2.45, 2.75) is 0 Å². The number of hydrogen-bond acceptors (Lipinski definition) is 4. The number of nitrogens with one attached hydrogen (secondary N) is 1. The molecule has 0 saturated heterocycles. The molecule has 5 aromatic carbocycles. The zero-order valence-electron chi connectivity index (χ0n) is 18.9. The number of phenols is 1. The average Bonchev–Trinajstić information content (AvgIpc) is 2.90. The van der Waals surface area contributed by atoms with Gasteiger partial charge in [-0.05, 0) is 64.9 Å². The van der Waals surface area contributed by atoms with Gasteiger partial charge in [0.05, 0.1) is 11.8 Å². The first-order valence-corrected chi connectivity index (χ1v) is 11.2. The number of rotatable bonds is 6. The molecule has 0 saturated carbocycles. The Kier molecular flexibility index (Phi) is 6.22. The summed E-state index contributed by atoms with van der Waals surface area (Å²) >= 11 is 0. The minimum Gasteiger partial charge on any atom is -0.507 e. The van der Waals surface area contributed by atoms with Crippen LogP contribution in [0.3, 0.4) is 0 Å². The third-order valence-electron chi connectivity index (χ3n) is 5.67. The first-order valence-electron chi connectivity index (χ1n) is 11.2. The van der Waals surface area contributed by atoms with E-state index in [-0.39, 0.29) is 11.3 Å². The number of hydrazone groups is 1. The van der Waals surface area contributed by atoms with E-state index in [2.05, 4.69) is 39.7 Å². The van der Waals surface area contributed by atoms with Crippen LogP contribution in [0.2, 0.25) is 0 Å². The fraction of sp³-hybridized carbons (Fsp3) is 0. The molecular weight excluding hydrogens is 434 g/mol. The van der Waals surface area contributed by atoms with E-state index < -0.39 is 5.91 Å². The lowest BCUT2D eigenvalue weighted by atomic mass is 10.1. The Balaban J connectivity index is 1.33. The number of nitrogens with zero attached hydrogens (tertiary/aromatic N) is 2. The van der Waals surface area contributed by atoms with Crippen LogP contribution >= 0.6 is 0 Å². The molecule has 0 aromatic heterocycles. The summed E-state index contributed by atoms with van der Waals surface area (Å²) in [7, 11) is 0. The van der Waals surface area contributed by atoms with Crippen molar-refractivity contribution >= 4 is 40.0 Å². The molecule has 35 heavy (non-hydrogen) atoms. The Morgan fingerprint density at radius 1 is 0.686 bits per heavy atom. The van der Waals surface area contributed by atoms with Gasteiger partial charge in [-0.2, -0.15) is 5.10 Å². The van der Waals surface area contributed by atoms with E-state index in [1.54, 1.807) is 18.3 Å². The van der Waals surface area contributed by atoms with Gasteiger partial charge in [0.2, 0.25) is 0 Å². The largest absolute Gasteiger partial charge is 0.507 e. The predicted molar refractivity (Wildman–Crippen MR) is 142 cm³/mol. The van der Waals surface area contributed by atoms with E-state index in [9.17, 15) is 9.90 Å². The molecule has 5 heteroatoms. The van der Waals surface area contributed by atoms with Crippen molar-refractivity contribution in [3.8, 4) is 5.75 Å². The summed E-state index contributed by atoms with van der Waals surface area (Å²) in [6.45, 7) is 0. The molecule has 0 bridgehead atoms. The topological polar surface area (TPSA) is 64.9 Å². The second kappa shape index (κ2) is 9.93. The standard InChI is InChI=1S/C30H23N3O2/c34-29-20-24-10-8-7-9-23(24)19-28(29)30(35)32-31-21-22-15-17-27(18-16-22)33(25-11-3-1-4-12-25)26-13-5-2-6-14-26/h1-21,34H,(H,32,35). The normalized spacial score (nSPS) is 11.0. The van der Waals surface area contributed by atoms with Crippen LogP contribution < -0.4 is 10.3 Å². The second-order valence-corrected chi connectivity index (χ2v) is 8.01. The summed E-state index contributed by atoms with van der Waals surface area (Å²) < 4.78 is 0. The van der Waals surface area contributed by atoms with Gasteiger partial charge in [-0.25, -0.2) is 5.43 Å². The Bertz CT molecular complexity index is 1440. The van der Waals surface area contributed by atoms with Crippen molar-refractivity contribution in [1.29, 1.82) is 0 Å². The lowest BCUT2D eigenvalue weighted by Gasteiger charge is -2.25. The zero-order valence-corrected chi connectivity index (χ0v) is 18.9. The van der Waals surface area contributed by atoms with Gasteiger partial charge < -0.3 is 10.0 Å². The van der Waals surface area contributed by atoms with Crippen molar-refractivity contribution in [3.05, 3.63) is 132 Å². The fourth-order valence-electron chi connectivity index (χ4n) is 3.95. The van der Waals surface area contributed by atoms with Gasteiger partial charge in [0.25, 0.3) is 5.91 Å². The Hall–Kier alpha value is -4.90. The van der Waals surface area contributed by atoms with Crippen LogP contribution in [0.15, 0.2) is 126 Å². The molecule has 2 N–H and O–H groups in total. The van der Waals surface area contributed by atoms with Crippen LogP contribution in [0.1, 0.15) is 15.9 Å². The fourth-order valence-corrected chi connectivity index (χ4v) is 3.95. The number of phenolic OH excluding ortho intramolecular Hbond substituents is 1. The third kappa shape index (κ3) is 4.89. The molecule has 0 aliphatic rings. The number of carbonyl (C=O) groups is 1. The molecule has 0 atom stereocenters. The number of aromatic hydroxyl groups is 1. The van der Waals surface area contributed by atoms with E-state index >= 15 is 0 Å². The average molecular weight is 458 g/mol. The van der Waals surface area contributed by atoms with Gasteiger partial charge in [0, 0.05) is 17.1 Å². The number of para-hydroxylation sites is 2. The zero-order chi connectivity index (χ0) is 24.0. The number of anilines is 3. The maximum absolute atomic E-state index is 12.6. The van der Waals surface area contributed by atoms with Gasteiger partial charge in [0.15, 0.2) is 0 Å². The first-order chi connectivity index (χ1) is 17.2. The van der Waals surface area contributed by atoms with Crippen molar-refractivity contribution in [1.82, 2.24) is 5.43 Å². The van der Waals surface area contributed by atoms with E-state index in [4.69, 9.17) is 0 Å². The minimum absolute atomic E-state index is 0.0809. The highest BCUT2D eigenvalue weighted by atomic mass is 16.3. The van der Waals surface area contributed by atoms with Crippen LogP contribution in [0.5, 0.6) is 5.75 Å². The monoisotopic (exact) mass is 457 g/mol. The maximum atomic E-state index is 12.6. The van der Waals surface area contributed by atoms with Gasteiger partial charge in [-0.3, -0.25) is 4.79 Å². The van der Waals surface area contributed by atoms with Crippen LogP contribution in [0.4, 0.5) is 17.1 Å². The summed E-state index contributed by atoms with van der Waals surface area (Å²) in [6.07, 6.45) is 1.58. The molecule has 0 aliphatic heterocycles. The summed E-state index contributed by atoms with van der Waals surface area (Å²) in [5, 5.41) is 16.1. The molecule has 0 spiro atoms. The predicted octanol–water partition coefficient (Wildman–Crippen LogP) is 6.78. The van der Waals surface area contributed by atoms with E-state index in [0.717, 1.165) is 33.4 Å². The number of hydrogen-bond donors (Lipinski definition) is 2. The molecule has 5 nitrogen and oxygen atoms in total. The number of benzene rings is 5. The molecule has 0 unspecified atom stereocenters. The Labute approximate surface area is 203 Å². The molecule has 1 amide bonds.